The second-order valence-corrected chi connectivity index (χ2v) is 5.96. The van der Waals surface area contributed by atoms with Crippen LogP contribution in [0.25, 0.3) is 6.08 Å². The highest BCUT2D eigenvalue weighted by Crippen LogP contribution is 2.35. The Morgan fingerprint density at radius 2 is 2.09 bits per heavy atom. The molecule has 114 valence electrons. The van der Waals surface area contributed by atoms with E-state index in [1.807, 2.05) is 31.2 Å². The molecule has 5 heteroatoms. The summed E-state index contributed by atoms with van der Waals surface area (Å²) in [6, 6.07) is 11.4. The molecule has 2 aromatic rings. The second-order valence-electron chi connectivity index (χ2n) is 4.70. The number of halogens is 2. The van der Waals surface area contributed by atoms with Crippen LogP contribution >= 0.6 is 27.5 Å². The predicted molar refractivity (Wildman–Crippen MR) is 91.3 cm³/mol. The van der Waals surface area contributed by atoms with E-state index in [0.717, 1.165) is 17.2 Å². The first kappa shape index (κ1) is 16.6. The first-order valence-electron chi connectivity index (χ1n) is 6.54. The lowest BCUT2D eigenvalue weighted by Gasteiger charge is -2.12. The number of ether oxygens (including phenoxy) is 1. The Labute approximate surface area is 142 Å². The average molecular weight is 382 g/mol. The number of carboxylic acids is 1. The van der Waals surface area contributed by atoms with Gasteiger partial charge in [0.15, 0.2) is 5.75 Å². The molecule has 0 aliphatic rings. The number of hydrogen-bond donors (Lipinski definition) is 1. The van der Waals surface area contributed by atoms with Gasteiger partial charge in [-0.3, -0.25) is 0 Å². The van der Waals surface area contributed by atoms with Gasteiger partial charge in [0.1, 0.15) is 6.61 Å². The maximum absolute atomic E-state index is 10.5. The number of rotatable bonds is 5. The fourth-order valence-corrected chi connectivity index (χ4v) is 2.89. The van der Waals surface area contributed by atoms with Crippen LogP contribution in [0.2, 0.25) is 5.02 Å². The van der Waals surface area contributed by atoms with E-state index < -0.39 is 5.97 Å². The van der Waals surface area contributed by atoms with Gasteiger partial charge in [0.2, 0.25) is 0 Å². The van der Waals surface area contributed by atoms with E-state index in [1.54, 1.807) is 12.1 Å². The van der Waals surface area contributed by atoms with Crippen molar-refractivity contribution in [3.05, 3.63) is 68.7 Å². The molecule has 0 bridgehead atoms. The number of carbonyl (C=O) groups is 1. The fourth-order valence-electron chi connectivity index (χ4n) is 1.90. The number of carboxylic acid groups (broad SMARTS) is 1. The van der Waals surface area contributed by atoms with Crippen LogP contribution in [0.15, 0.2) is 46.9 Å². The van der Waals surface area contributed by atoms with Crippen molar-refractivity contribution in [2.75, 3.05) is 0 Å². The van der Waals surface area contributed by atoms with E-state index >= 15 is 0 Å². The third-order valence-electron chi connectivity index (χ3n) is 3.07. The second kappa shape index (κ2) is 7.47. The largest absolute Gasteiger partial charge is 0.486 e. The molecule has 3 nitrogen and oxygen atoms in total. The van der Waals surface area contributed by atoms with Crippen molar-refractivity contribution in [1.29, 1.82) is 0 Å². The molecule has 0 amide bonds. The van der Waals surface area contributed by atoms with Crippen molar-refractivity contribution in [1.82, 2.24) is 0 Å². The molecular weight excluding hydrogens is 368 g/mol. The normalized spacial score (nSPS) is 10.9. The number of aliphatic carboxylic acids is 1. The van der Waals surface area contributed by atoms with Gasteiger partial charge in [-0.1, -0.05) is 35.9 Å². The van der Waals surface area contributed by atoms with Gasteiger partial charge < -0.3 is 9.84 Å². The van der Waals surface area contributed by atoms with Crippen molar-refractivity contribution in [3.63, 3.8) is 0 Å². The molecule has 0 atom stereocenters. The summed E-state index contributed by atoms with van der Waals surface area (Å²) in [6.07, 6.45) is 2.54. The maximum atomic E-state index is 10.5. The fraction of sp³-hybridized carbons (Fsp3) is 0.118. The van der Waals surface area contributed by atoms with Crippen molar-refractivity contribution < 1.29 is 14.6 Å². The molecule has 0 unspecified atom stereocenters. The monoisotopic (exact) mass is 380 g/mol. The van der Waals surface area contributed by atoms with Crippen LogP contribution in [0.3, 0.4) is 0 Å². The van der Waals surface area contributed by atoms with E-state index in [2.05, 4.69) is 15.9 Å². The highest BCUT2D eigenvalue weighted by molar-refractivity contribution is 9.10. The van der Waals surface area contributed by atoms with Crippen LogP contribution in [0.4, 0.5) is 0 Å². The Kier molecular flexibility index (Phi) is 5.63. The summed E-state index contributed by atoms with van der Waals surface area (Å²) >= 11 is 9.63. The van der Waals surface area contributed by atoms with Gasteiger partial charge in [-0.2, -0.15) is 0 Å². The zero-order chi connectivity index (χ0) is 16.1. The van der Waals surface area contributed by atoms with Crippen LogP contribution in [0, 0.1) is 6.92 Å². The zero-order valence-electron chi connectivity index (χ0n) is 11.8. The van der Waals surface area contributed by atoms with Gasteiger partial charge in [-0.15, -0.1) is 0 Å². The van der Waals surface area contributed by atoms with Crippen LogP contribution in [-0.4, -0.2) is 11.1 Å². The standard InChI is InChI=1S/C17H14BrClO3/c1-11-4-2-3-5-13(11)10-22-17-14(18)8-12(9-15(17)19)6-7-16(20)21/h2-9H,10H2,1H3,(H,20,21)/b7-6+. The Bertz CT molecular complexity index is 703. The molecule has 0 fully saturated rings. The van der Waals surface area contributed by atoms with E-state index in [4.69, 9.17) is 21.4 Å². The van der Waals surface area contributed by atoms with Crippen molar-refractivity contribution >= 4 is 39.6 Å². The Balaban J connectivity index is 2.18. The zero-order valence-corrected chi connectivity index (χ0v) is 14.2. The SMILES string of the molecule is Cc1ccccc1COc1c(Cl)cc(/C=C/C(=O)O)cc1Br. The van der Waals surface area contributed by atoms with Gasteiger partial charge in [-0.25, -0.2) is 4.79 Å². The first-order valence-corrected chi connectivity index (χ1v) is 7.72. The molecular formula is C17H14BrClO3. The predicted octanol–water partition coefficient (Wildman–Crippen LogP) is 5.09. The molecule has 0 radical (unpaired) electrons. The summed E-state index contributed by atoms with van der Waals surface area (Å²) in [5.41, 5.74) is 2.92. The highest BCUT2D eigenvalue weighted by Gasteiger charge is 2.09. The van der Waals surface area contributed by atoms with Crippen LogP contribution < -0.4 is 4.74 Å². The molecule has 0 aliphatic carbocycles. The maximum Gasteiger partial charge on any atom is 0.328 e. The van der Waals surface area contributed by atoms with E-state index in [1.165, 1.54) is 6.08 Å². The molecule has 0 heterocycles. The quantitative estimate of drug-likeness (QED) is 0.734. The molecule has 2 aromatic carbocycles. The molecule has 22 heavy (non-hydrogen) atoms. The van der Waals surface area contributed by atoms with E-state index in [-0.39, 0.29) is 0 Å². The third-order valence-corrected chi connectivity index (χ3v) is 3.94. The van der Waals surface area contributed by atoms with Crippen molar-refractivity contribution in [2.24, 2.45) is 0 Å². The lowest BCUT2D eigenvalue weighted by molar-refractivity contribution is -0.131. The van der Waals surface area contributed by atoms with Crippen molar-refractivity contribution in [3.8, 4) is 5.75 Å². The smallest absolute Gasteiger partial charge is 0.328 e. The Morgan fingerprint density at radius 1 is 1.36 bits per heavy atom. The first-order chi connectivity index (χ1) is 10.5. The Morgan fingerprint density at radius 3 is 2.73 bits per heavy atom. The van der Waals surface area contributed by atoms with Crippen LogP contribution in [-0.2, 0) is 11.4 Å². The van der Waals surface area contributed by atoms with Gasteiger partial charge in [0.05, 0.1) is 9.50 Å². The molecule has 1 N–H and O–H groups in total. The van der Waals surface area contributed by atoms with E-state index in [0.29, 0.717) is 27.4 Å². The summed E-state index contributed by atoms with van der Waals surface area (Å²) in [5.74, 6) is -0.468. The van der Waals surface area contributed by atoms with Crippen LogP contribution in [0.5, 0.6) is 5.75 Å². The minimum absolute atomic E-state index is 0.412. The number of aryl methyl sites for hydroxylation is 1. The summed E-state index contributed by atoms with van der Waals surface area (Å²) in [7, 11) is 0. The minimum atomic E-state index is -1.01. The van der Waals surface area contributed by atoms with Gasteiger partial charge in [0.25, 0.3) is 0 Å². The topological polar surface area (TPSA) is 46.5 Å². The summed E-state index contributed by atoms with van der Waals surface area (Å²) in [6.45, 7) is 2.43. The third kappa shape index (κ3) is 4.36. The lowest BCUT2D eigenvalue weighted by atomic mass is 10.1. The molecule has 0 aromatic heterocycles. The van der Waals surface area contributed by atoms with Gasteiger partial charge in [-0.05, 0) is 57.8 Å². The average Bonchev–Trinajstić information content (AvgIpc) is 2.46. The Hall–Kier alpha value is -1.78. The van der Waals surface area contributed by atoms with Crippen molar-refractivity contribution in [2.45, 2.75) is 13.5 Å². The van der Waals surface area contributed by atoms with E-state index in [9.17, 15) is 4.79 Å². The van der Waals surface area contributed by atoms with Crippen LogP contribution in [0.1, 0.15) is 16.7 Å². The highest BCUT2D eigenvalue weighted by atomic mass is 79.9. The lowest BCUT2D eigenvalue weighted by Crippen LogP contribution is -1.99. The molecule has 0 saturated carbocycles. The van der Waals surface area contributed by atoms with Gasteiger partial charge >= 0.3 is 5.97 Å². The summed E-state index contributed by atoms with van der Waals surface area (Å²) < 4.78 is 6.48. The van der Waals surface area contributed by atoms with Gasteiger partial charge in [0, 0.05) is 6.08 Å². The molecule has 0 saturated heterocycles. The summed E-state index contributed by atoms with van der Waals surface area (Å²) in [4.78, 5) is 10.5. The molecule has 2 rings (SSSR count). The number of benzene rings is 2. The number of hydrogen-bond acceptors (Lipinski definition) is 2. The summed E-state index contributed by atoms with van der Waals surface area (Å²) in [5, 5.41) is 9.07. The molecule has 0 aliphatic heterocycles. The minimum Gasteiger partial charge on any atom is -0.486 e. The molecule has 0 spiro atoms.